The summed E-state index contributed by atoms with van der Waals surface area (Å²) < 4.78 is 5.79. The van der Waals surface area contributed by atoms with Gasteiger partial charge in [-0.1, -0.05) is 0 Å². The zero-order valence-electron chi connectivity index (χ0n) is 11.9. The molecule has 2 aromatic rings. The Morgan fingerprint density at radius 3 is 3.10 bits per heavy atom. The number of fused-ring (bicyclic) bond motifs is 1. The molecule has 0 spiro atoms. The highest BCUT2D eigenvalue weighted by Crippen LogP contribution is 2.23. The number of aromatic nitrogens is 4. The lowest BCUT2D eigenvalue weighted by molar-refractivity contribution is 0.0215. The van der Waals surface area contributed by atoms with Crippen molar-refractivity contribution in [1.82, 2.24) is 19.9 Å². The van der Waals surface area contributed by atoms with Crippen LogP contribution in [0.2, 0.25) is 0 Å². The average molecular weight is 276 g/mol. The first-order chi connectivity index (χ1) is 9.78. The molecule has 1 aliphatic heterocycles. The zero-order chi connectivity index (χ0) is 13.9. The van der Waals surface area contributed by atoms with Gasteiger partial charge in [0.1, 0.15) is 5.52 Å². The molecule has 20 heavy (non-hydrogen) atoms. The van der Waals surface area contributed by atoms with E-state index in [1.807, 2.05) is 14.1 Å². The molecule has 1 unspecified atom stereocenters. The van der Waals surface area contributed by atoms with Gasteiger partial charge in [0.2, 0.25) is 5.95 Å². The van der Waals surface area contributed by atoms with Crippen molar-refractivity contribution in [3.8, 4) is 0 Å². The van der Waals surface area contributed by atoms with E-state index < -0.39 is 0 Å². The van der Waals surface area contributed by atoms with Crippen molar-refractivity contribution in [2.75, 3.05) is 37.5 Å². The molecule has 0 aromatic carbocycles. The molecule has 3 heterocycles. The third kappa shape index (κ3) is 2.53. The van der Waals surface area contributed by atoms with Gasteiger partial charge in [0.25, 0.3) is 0 Å². The number of H-pyrrole nitrogens is 1. The molecule has 0 aliphatic carbocycles. The molecule has 1 atom stereocenters. The summed E-state index contributed by atoms with van der Waals surface area (Å²) in [6.07, 6.45) is 5.44. The van der Waals surface area contributed by atoms with E-state index in [9.17, 15) is 0 Å². The number of nitrogens with zero attached hydrogens (tertiary/aromatic N) is 4. The van der Waals surface area contributed by atoms with E-state index in [1.165, 1.54) is 12.8 Å². The first-order valence-electron chi connectivity index (χ1n) is 6.99. The number of imidazole rings is 1. The van der Waals surface area contributed by atoms with E-state index in [0.29, 0.717) is 11.6 Å². The number of likely N-dealkylation sites (N-methyl/N-ethyl adjacent to an activating group) is 1. The molecule has 0 bridgehead atoms. The second-order valence-electron chi connectivity index (χ2n) is 5.09. The number of aromatic amines is 1. The fraction of sp³-hybridized carbons (Fsp3) is 0.615. The third-order valence-corrected chi connectivity index (χ3v) is 3.60. The Morgan fingerprint density at radius 2 is 2.35 bits per heavy atom. The smallest absolute Gasteiger partial charge is 0.226 e. The number of anilines is 2. The van der Waals surface area contributed by atoms with Crippen LogP contribution >= 0.6 is 0 Å². The van der Waals surface area contributed by atoms with Crippen molar-refractivity contribution in [3.05, 3.63) is 6.33 Å². The standard InChI is InChI=1S/C13H20N6O/c1-14-13-17-11-10(15-8-16-11)12(18-13)19(2)7-9-5-3-4-6-20-9/h8-9H,3-7H2,1-2H3,(H2,14,15,16,17,18). The monoisotopic (exact) mass is 276 g/mol. The Hall–Kier alpha value is -1.89. The van der Waals surface area contributed by atoms with Gasteiger partial charge in [-0.25, -0.2) is 4.98 Å². The van der Waals surface area contributed by atoms with Gasteiger partial charge < -0.3 is 19.9 Å². The highest BCUT2D eigenvalue weighted by Gasteiger charge is 2.19. The van der Waals surface area contributed by atoms with Gasteiger partial charge in [-0.15, -0.1) is 0 Å². The van der Waals surface area contributed by atoms with Gasteiger partial charge in [0.15, 0.2) is 11.5 Å². The summed E-state index contributed by atoms with van der Waals surface area (Å²) in [6, 6.07) is 0. The molecule has 2 N–H and O–H groups in total. The Bertz CT molecular complexity index is 577. The first-order valence-corrected chi connectivity index (χ1v) is 6.99. The largest absolute Gasteiger partial charge is 0.376 e. The van der Waals surface area contributed by atoms with Crippen molar-refractivity contribution in [2.24, 2.45) is 0 Å². The summed E-state index contributed by atoms with van der Waals surface area (Å²) in [7, 11) is 3.84. The predicted molar refractivity (Wildman–Crippen MR) is 78.1 cm³/mol. The van der Waals surface area contributed by atoms with E-state index in [2.05, 4.69) is 30.2 Å². The van der Waals surface area contributed by atoms with E-state index in [-0.39, 0.29) is 6.10 Å². The number of hydrogen-bond donors (Lipinski definition) is 2. The van der Waals surface area contributed by atoms with Crippen LogP contribution in [0, 0.1) is 0 Å². The second kappa shape index (κ2) is 5.62. The molecular weight excluding hydrogens is 256 g/mol. The van der Waals surface area contributed by atoms with Crippen LogP contribution in [0.1, 0.15) is 19.3 Å². The molecule has 1 fully saturated rings. The van der Waals surface area contributed by atoms with Crippen molar-refractivity contribution in [1.29, 1.82) is 0 Å². The van der Waals surface area contributed by atoms with Crippen LogP contribution in [-0.4, -0.2) is 53.3 Å². The Balaban J connectivity index is 1.85. The van der Waals surface area contributed by atoms with Crippen LogP contribution < -0.4 is 10.2 Å². The average Bonchev–Trinajstić information content (AvgIpc) is 2.95. The highest BCUT2D eigenvalue weighted by molar-refractivity contribution is 5.84. The molecule has 3 rings (SSSR count). The van der Waals surface area contributed by atoms with Crippen LogP contribution in [-0.2, 0) is 4.74 Å². The third-order valence-electron chi connectivity index (χ3n) is 3.60. The van der Waals surface area contributed by atoms with Crippen LogP contribution in [0.3, 0.4) is 0 Å². The summed E-state index contributed by atoms with van der Waals surface area (Å²) in [6.45, 7) is 1.69. The molecule has 1 saturated heterocycles. The molecule has 7 heteroatoms. The second-order valence-corrected chi connectivity index (χ2v) is 5.09. The van der Waals surface area contributed by atoms with Crippen LogP contribution in [0.15, 0.2) is 6.33 Å². The summed E-state index contributed by atoms with van der Waals surface area (Å²) in [5.41, 5.74) is 1.54. The van der Waals surface area contributed by atoms with Gasteiger partial charge in [0.05, 0.1) is 12.4 Å². The minimum Gasteiger partial charge on any atom is -0.376 e. The molecule has 0 saturated carbocycles. The lowest BCUT2D eigenvalue weighted by Gasteiger charge is -2.28. The van der Waals surface area contributed by atoms with Gasteiger partial charge in [0, 0.05) is 27.2 Å². The molecule has 0 amide bonds. The van der Waals surface area contributed by atoms with Gasteiger partial charge >= 0.3 is 0 Å². The Kier molecular flexibility index (Phi) is 3.68. The lowest BCUT2D eigenvalue weighted by atomic mass is 10.1. The molecule has 2 aromatic heterocycles. The summed E-state index contributed by atoms with van der Waals surface area (Å²) >= 11 is 0. The minimum absolute atomic E-state index is 0.278. The van der Waals surface area contributed by atoms with Gasteiger partial charge in [-0.05, 0) is 19.3 Å². The van der Waals surface area contributed by atoms with Crippen molar-refractivity contribution >= 4 is 22.9 Å². The molecule has 108 valence electrons. The normalized spacial score (nSPS) is 19.2. The van der Waals surface area contributed by atoms with Crippen molar-refractivity contribution in [2.45, 2.75) is 25.4 Å². The fourth-order valence-electron chi connectivity index (χ4n) is 2.55. The number of rotatable bonds is 4. The highest BCUT2D eigenvalue weighted by atomic mass is 16.5. The topological polar surface area (TPSA) is 79.0 Å². The SMILES string of the molecule is CNc1nc(N(C)CC2CCCCO2)c2[nH]cnc2n1. The van der Waals surface area contributed by atoms with E-state index in [4.69, 9.17) is 4.74 Å². The quantitative estimate of drug-likeness (QED) is 0.879. The number of nitrogens with one attached hydrogen (secondary N) is 2. The van der Waals surface area contributed by atoms with Crippen LogP contribution in [0.25, 0.3) is 11.2 Å². The van der Waals surface area contributed by atoms with Crippen LogP contribution in [0.5, 0.6) is 0 Å². The Morgan fingerprint density at radius 1 is 1.45 bits per heavy atom. The molecule has 7 nitrogen and oxygen atoms in total. The Labute approximate surface area is 117 Å². The minimum atomic E-state index is 0.278. The lowest BCUT2D eigenvalue weighted by Crippen LogP contribution is -2.34. The maximum atomic E-state index is 5.79. The van der Waals surface area contributed by atoms with Crippen molar-refractivity contribution < 1.29 is 4.74 Å². The number of ether oxygens (including phenoxy) is 1. The van der Waals surface area contributed by atoms with E-state index >= 15 is 0 Å². The molecular formula is C13H20N6O. The number of hydrogen-bond acceptors (Lipinski definition) is 6. The van der Waals surface area contributed by atoms with Crippen molar-refractivity contribution in [3.63, 3.8) is 0 Å². The first kappa shape index (κ1) is 13.1. The van der Waals surface area contributed by atoms with Gasteiger partial charge in [-0.2, -0.15) is 9.97 Å². The fourth-order valence-corrected chi connectivity index (χ4v) is 2.55. The van der Waals surface area contributed by atoms with Crippen LogP contribution in [0.4, 0.5) is 11.8 Å². The summed E-state index contributed by atoms with van der Waals surface area (Å²) in [5.74, 6) is 1.43. The maximum absolute atomic E-state index is 5.79. The van der Waals surface area contributed by atoms with E-state index in [1.54, 1.807) is 6.33 Å². The molecule has 1 aliphatic rings. The van der Waals surface area contributed by atoms with E-state index in [0.717, 1.165) is 30.9 Å². The molecule has 0 radical (unpaired) electrons. The summed E-state index contributed by atoms with van der Waals surface area (Å²) in [5, 5.41) is 2.97. The predicted octanol–water partition coefficient (Wildman–Crippen LogP) is 1.40. The maximum Gasteiger partial charge on any atom is 0.226 e. The zero-order valence-corrected chi connectivity index (χ0v) is 11.9. The van der Waals surface area contributed by atoms with Gasteiger partial charge in [-0.3, -0.25) is 0 Å². The summed E-state index contributed by atoms with van der Waals surface area (Å²) in [4.78, 5) is 18.3.